The van der Waals surface area contributed by atoms with Crippen molar-refractivity contribution >= 4 is 38.2 Å². The first kappa shape index (κ1) is 40.1. The molecule has 0 atom stereocenters. The van der Waals surface area contributed by atoms with E-state index in [0.29, 0.717) is 33.4 Å². The monoisotopic (exact) mass is 624 g/mol. The van der Waals surface area contributed by atoms with Crippen LogP contribution >= 0.6 is 15.2 Å². The normalized spacial score (nSPS) is 13.3. The van der Waals surface area contributed by atoms with Crippen molar-refractivity contribution in [2.75, 3.05) is 0 Å². The summed E-state index contributed by atoms with van der Waals surface area (Å²) in [4.78, 5) is 36.7. The van der Waals surface area contributed by atoms with E-state index in [2.05, 4.69) is 0 Å². The minimum Gasteiger partial charge on any atom is -0.507 e. The van der Waals surface area contributed by atoms with Gasteiger partial charge in [-0.3, -0.25) is 9.13 Å². The van der Waals surface area contributed by atoms with Crippen LogP contribution in [0.5, 0.6) is 11.5 Å². The zero-order valence-corrected chi connectivity index (χ0v) is 30.0. The SMILES string of the molecule is CC(C)(C)c1cc(CP(=O)(O)O)cc(C(C)(C)C)c1O.CC(C)(C)c1cc(CP(=O)(O)O)cc(C(C)(C)C)c1O.[Mg]. The van der Waals surface area contributed by atoms with E-state index in [-0.39, 0.29) is 68.5 Å². The maximum Gasteiger partial charge on any atom is 0.329 e. The van der Waals surface area contributed by atoms with Gasteiger partial charge >= 0.3 is 15.2 Å². The maximum atomic E-state index is 11.2. The molecular formula is C30H50MgO8P2. The molecule has 2 radical (unpaired) electrons. The number of rotatable bonds is 4. The summed E-state index contributed by atoms with van der Waals surface area (Å²) in [6.07, 6.45) is -0.612. The first-order valence-corrected chi connectivity index (χ1v) is 16.9. The fourth-order valence-corrected chi connectivity index (χ4v) is 5.65. The first-order valence-electron chi connectivity index (χ1n) is 13.3. The minimum absolute atomic E-state index is 0. The number of aromatic hydroxyl groups is 2. The fourth-order valence-electron chi connectivity index (χ4n) is 4.33. The lowest BCUT2D eigenvalue weighted by molar-refractivity contribution is 0.369. The molecule has 11 heteroatoms. The van der Waals surface area contributed by atoms with Gasteiger partial charge in [0.25, 0.3) is 0 Å². The van der Waals surface area contributed by atoms with Crippen molar-refractivity contribution in [3.05, 3.63) is 57.6 Å². The van der Waals surface area contributed by atoms with E-state index in [1.807, 2.05) is 83.1 Å². The van der Waals surface area contributed by atoms with Gasteiger partial charge in [-0.25, -0.2) is 0 Å². The predicted octanol–water partition coefficient (Wildman–Crippen LogP) is 6.95. The second-order valence-electron chi connectivity index (χ2n) is 14.7. The van der Waals surface area contributed by atoms with Crippen LogP contribution in [0, 0.1) is 0 Å². The van der Waals surface area contributed by atoms with E-state index in [0.717, 1.165) is 0 Å². The molecule has 8 nitrogen and oxygen atoms in total. The van der Waals surface area contributed by atoms with Gasteiger partial charge in [0, 0.05) is 23.1 Å². The Morgan fingerprint density at radius 1 is 0.488 bits per heavy atom. The highest BCUT2D eigenvalue weighted by atomic mass is 31.2. The molecule has 0 aliphatic carbocycles. The topological polar surface area (TPSA) is 156 Å². The third-order valence-electron chi connectivity index (χ3n) is 6.35. The third kappa shape index (κ3) is 12.7. The van der Waals surface area contributed by atoms with E-state index in [9.17, 15) is 38.9 Å². The number of benzene rings is 2. The Balaban J connectivity index is 0.000000762. The summed E-state index contributed by atoms with van der Waals surface area (Å²) >= 11 is 0. The van der Waals surface area contributed by atoms with Gasteiger partial charge in [-0.05, 0) is 55.0 Å². The Morgan fingerprint density at radius 2 is 0.659 bits per heavy atom. The molecule has 0 aliphatic rings. The average molecular weight is 625 g/mol. The summed E-state index contributed by atoms with van der Waals surface area (Å²) in [6.45, 7) is 23.6. The van der Waals surface area contributed by atoms with Crippen LogP contribution < -0.4 is 0 Å². The van der Waals surface area contributed by atoms with Crippen molar-refractivity contribution < 1.29 is 38.9 Å². The van der Waals surface area contributed by atoms with Crippen molar-refractivity contribution in [2.24, 2.45) is 0 Å². The second-order valence-corrected chi connectivity index (χ2v) is 18.0. The van der Waals surface area contributed by atoms with Crippen LogP contribution in [-0.2, 0) is 43.1 Å². The van der Waals surface area contributed by atoms with Crippen LogP contribution in [0.4, 0.5) is 0 Å². The number of phenols is 2. The van der Waals surface area contributed by atoms with Gasteiger partial charge in [-0.2, -0.15) is 0 Å². The Morgan fingerprint density at radius 3 is 0.780 bits per heavy atom. The molecule has 0 unspecified atom stereocenters. The fraction of sp³-hybridized carbons (Fsp3) is 0.600. The third-order valence-corrected chi connectivity index (χ3v) is 7.90. The van der Waals surface area contributed by atoms with E-state index in [1.54, 1.807) is 24.3 Å². The van der Waals surface area contributed by atoms with Crippen LogP contribution in [0.25, 0.3) is 0 Å². The number of phenolic OH excluding ortho intramolecular Hbond substituents is 2. The van der Waals surface area contributed by atoms with Gasteiger partial charge in [-0.15, -0.1) is 0 Å². The Bertz CT molecular complexity index is 1130. The van der Waals surface area contributed by atoms with Crippen molar-refractivity contribution in [1.29, 1.82) is 0 Å². The van der Waals surface area contributed by atoms with Crippen molar-refractivity contribution in [2.45, 2.75) is 117 Å². The molecule has 0 heterocycles. The lowest BCUT2D eigenvalue weighted by atomic mass is 9.78. The predicted molar refractivity (Wildman–Crippen MR) is 168 cm³/mol. The van der Waals surface area contributed by atoms with Crippen LogP contribution in [0.1, 0.15) is 116 Å². The highest BCUT2D eigenvalue weighted by Crippen LogP contribution is 2.46. The molecule has 0 bridgehead atoms. The number of hydrogen-bond acceptors (Lipinski definition) is 4. The van der Waals surface area contributed by atoms with Gasteiger partial charge in [0.05, 0.1) is 12.3 Å². The molecule has 0 fully saturated rings. The quantitative estimate of drug-likeness (QED) is 0.158. The molecule has 0 saturated carbocycles. The van der Waals surface area contributed by atoms with Crippen molar-refractivity contribution in [3.8, 4) is 11.5 Å². The molecular weight excluding hydrogens is 575 g/mol. The van der Waals surface area contributed by atoms with Crippen molar-refractivity contribution in [3.63, 3.8) is 0 Å². The Labute approximate surface area is 262 Å². The smallest absolute Gasteiger partial charge is 0.329 e. The molecule has 0 spiro atoms. The summed E-state index contributed by atoms with van der Waals surface area (Å²) < 4.78 is 22.5. The molecule has 0 saturated heterocycles. The lowest BCUT2D eigenvalue weighted by Crippen LogP contribution is -2.18. The second kappa shape index (κ2) is 13.4. The van der Waals surface area contributed by atoms with E-state index in [4.69, 9.17) is 0 Å². The summed E-state index contributed by atoms with van der Waals surface area (Å²) in [6, 6.07) is 6.79. The number of hydrogen-bond donors (Lipinski definition) is 6. The van der Waals surface area contributed by atoms with Gasteiger partial charge in [-0.1, -0.05) is 107 Å². The maximum absolute atomic E-state index is 11.2. The van der Waals surface area contributed by atoms with Crippen LogP contribution in [0.3, 0.4) is 0 Å². The molecule has 41 heavy (non-hydrogen) atoms. The summed E-state index contributed by atoms with van der Waals surface area (Å²) in [5, 5.41) is 21.0. The van der Waals surface area contributed by atoms with Crippen LogP contribution in [-0.4, -0.2) is 52.8 Å². The summed E-state index contributed by atoms with van der Waals surface area (Å²) in [5.74, 6) is 0.443. The molecule has 230 valence electrons. The molecule has 0 amide bonds. The molecule has 2 aromatic rings. The first-order chi connectivity index (χ1) is 17.4. The average Bonchev–Trinajstić information content (AvgIpc) is 2.65. The molecule has 6 N–H and O–H groups in total. The van der Waals surface area contributed by atoms with Crippen molar-refractivity contribution in [1.82, 2.24) is 0 Å². The molecule has 0 aromatic heterocycles. The molecule has 2 rings (SSSR count). The van der Waals surface area contributed by atoms with Gasteiger partial charge in [0.2, 0.25) is 0 Å². The largest absolute Gasteiger partial charge is 0.507 e. The van der Waals surface area contributed by atoms with Gasteiger partial charge < -0.3 is 29.8 Å². The lowest BCUT2D eigenvalue weighted by Gasteiger charge is -2.28. The van der Waals surface area contributed by atoms with E-state index < -0.39 is 15.2 Å². The zero-order chi connectivity index (χ0) is 31.9. The van der Waals surface area contributed by atoms with Gasteiger partial charge in [0.1, 0.15) is 11.5 Å². The molecule has 0 aliphatic heterocycles. The van der Waals surface area contributed by atoms with Gasteiger partial charge in [0.15, 0.2) is 0 Å². The van der Waals surface area contributed by atoms with Crippen LogP contribution in [0.15, 0.2) is 24.3 Å². The van der Waals surface area contributed by atoms with Crippen LogP contribution in [0.2, 0.25) is 0 Å². The standard InChI is InChI=1S/2C15H25O4P.Mg/c2*1-14(2,3)11-7-10(9-20(17,18)19)8-12(13(11)16)15(4,5)6;/h2*7-8,16H,9H2,1-6H3,(H2,17,18,19);. The highest BCUT2D eigenvalue weighted by molar-refractivity contribution is 7.51. The Kier molecular flexibility index (Phi) is 13.1. The molecule has 2 aromatic carbocycles. The van der Waals surface area contributed by atoms with E-state index in [1.165, 1.54) is 0 Å². The summed E-state index contributed by atoms with van der Waals surface area (Å²) in [7, 11) is -8.26. The zero-order valence-electron chi connectivity index (χ0n) is 26.8. The highest BCUT2D eigenvalue weighted by Gasteiger charge is 2.29. The Hall–Kier alpha value is -0.894. The van der Waals surface area contributed by atoms with E-state index >= 15 is 0 Å². The summed E-state index contributed by atoms with van der Waals surface area (Å²) in [5.41, 5.74) is 2.80. The minimum atomic E-state index is -4.13.